The number of fused-ring (bicyclic) bond motifs is 3. The van der Waals surface area contributed by atoms with Gasteiger partial charge in [0.05, 0.1) is 16.4 Å². The monoisotopic (exact) mass is 811 g/mol. The van der Waals surface area contributed by atoms with Crippen molar-refractivity contribution in [3.63, 3.8) is 0 Å². The predicted octanol–water partition coefficient (Wildman–Crippen LogP) is 10.1. The maximum Gasteiger partial charge on any atom is 0.355 e. The predicted molar refractivity (Wildman–Crippen MR) is 233 cm³/mol. The third-order valence-electron chi connectivity index (χ3n) is 16.6. The zero-order chi connectivity index (χ0) is 40.4. The van der Waals surface area contributed by atoms with Crippen molar-refractivity contribution in [2.24, 2.45) is 27.1 Å². The van der Waals surface area contributed by atoms with Gasteiger partial charge in [-0.25, -0.2) is 14.8 Å². The standard InChI is InChI=1S/C47H57N9O2S/c1-30-32-13-11-22-55(40(32)53-52-39(30)51-42-49-35-14-7-8-15-36(35)59-42)37-17-16-33(38(50-37)41(57)58)34-23-48-56(31(34)2)29-45-24-43(3)26-46(27-44(4,25-45)47(43,46)28-45)18-12-21-54-19-9-5-6-10-20-54/h7-8,14-17,23H,5-6,9-13,18-22,24-29H2,1-4H3,(H,57,58)(H,49,51,52). The number of carboxylic acid groups (broad SMARTS) is 1. The summed E-state index contributed by atoms with van der Waals surface area (Å²) in [5.74, 6) is 0.926. The maximum atomic E-state index is 13.0. The summed E-state index contributed by atoms with van der Waals surface area (Å²) in [6.45, 7) is 14.9. The SMILES string of the molecule is Cc1c(Nc2nc3ccccc3s2)nnc2c1CCCN2c1ccc(-c2cnn(CC34CC5(C)CC6(CCCN7CCCCCC7)CC(C)(C3)C56C4)c2C)c(C(=O)O)n1. The molecule has 59 heavy (non-hydrogen) atoms. The molecule has 0 radical (unpaired) electrons. The van der Waals surface area contributed by atoms with Crippen molar-refractivity contribution in [1.29, 1.82) is 0 Å². The van der Waals surface area contributed by atoms with Gasteiger partial charge in [0, 0.05) is 41.0 Å². The van der Waals surface area contributed by atoms with Crippen LogP contribution in [0.3, 0.4) is 0 Å². The molecule has 1 aromatic carbocycles. The molecule has 308 valence electrons. The van der Waals surface area contributed by atoms with Crippen molar-refractivity contribution in [2.45, 2.75) is 118 Å². The first-order chi connectivity index (χ1) is 28.5. The second-order valence-corrected chi connectivity index (χ2v) is 21.1. The van der Waals surface area contributed by atoms with Crippen LogP contribution in [0.5, 0.6) is 0 Å². The molecule has 11 rings (SSSR count). The highest BCUT2D eigenvalue weighted by Crippen LogP contribution is 2.98. The summed E-state index contributed by atoms with van der Waals surface area (Å²) in [6.07, 6.45) is 18.6. The van der Waals surface area contributed by atoms with Crippen LogP contribution >= 0.6 is 11.3 Å². The first-order valence-corrected chi connectivity index (χ1v) is 23.0. The molecule has 4 aromatic heterocycles. The number of rotatable bonds is 11. The van der Waals surface area contributed by atoms with Gasteiger partial charge in [0.25, 0.3) is 0 Å². The molecule has 2 N–H and O–H groups in total. The highest BCUT2D eigenvalue weighted by molar-refractivity contribution is 7.22. The molecule has 6 aliphatic rings. The Morgan fingerprint density at radius 2 is 1.66 bits per heavy atom. The lowest BCUT2D eigenvalue weighted by Crippen LogP contribution is -2.77. The number of nitrogens with one attached hydrogen (secondary N) is 1. The summed E-state index contributed by atoms with van der Waals surface area (Å²) in [6, 6.07) is 11.9. The Hall–Kier alpha value is -4.42. The molecule has 4 aliphatic carbocycles. The van der Waals surface area contributed by atoms with E-state index in [2.05, 4.69) is 58.9 Å². The van der Waals surface area contributed by atoms with E-state index < -0.39 is 5.97 Å². The van der Waals surface area contributed by atoms with E-state index in [4.69, 9.17) is 15.1 Å². The number of anilines is 4. The number of carboxylic acids is 1. The molecule has 1 spiro atoms. The molecule has 5 fully saturated rings. The van der Waals surface area contributed by atoms with E-state index in [1.807, 2.05) is 41.4 Å². The Bertz CT molecular complexity index is 2450. The number of carbonyl (C=O) groups is 1. The Morgan fingerprint density at radius 3 is 2.42 bits per heavy atom. The lowest BCUT2D eigenvalue weighted by atomic mass is 9.20. The molecule has 12 heteroatoms. The molecule has 0 amide bonds. The second-order valence-electron chi connectivity index (χ2n) is 20.1. The maximum absolute atomic E-state index is 13.0. The number of aromatic carboxylic acids is 1. The van der Waals surface area contributed by atoms with Crippen molar-refractivity contribution in [2.75, 3.05) is 36.4 Å². The summed E-state index contributed by atoms with van der Waals surface area (Å²) in [7, 11) is 0. The normalized spacial score (nSPS) is 30.7. The van der Waals surface area contributed by atoms with Crippen LogP contribution in [0.4, 0.5) is 22.6 Å². The number of para-hydroxylation sites is 1. The van der Waals surface area contributed by atoms with E-state index in [0.717, 1.165) is 62.9 Å². The van der Waals surface area contributed by atoms with Gasteiger partial charge in [-0.15, -0.1) is 10.2 Å². The van der Waals surface area contributed by atoms with Crippen molar-refractivity contribution in [1.82, 2.24) is 34.8 Å². The Labute approximate surface area is 351 Å². The molecule has 2 atom stereocenters. The van der Waals surface area contributed by atoms with Crippen LogP contribution in [0.15, 0.2) is 42.6 Å². The van der Waals surface area contributed by atoms with Gasteiger partial charge >= 0.3 is 5.97 Å². The number of aromatic nitrogens is 6. The minimum absolute atomic E-state index is 0.0379. The fraction of sp³-hybridized carbons (Fsp3) is 0.574. The van der Waals surface area contributed by atoms with E-state index in [1.54, 1.807) is 11.3 Å². The molecule has 5 aromatic rings. The minimum Gasteiger partial charge on any atom is -0.476 e. The molecule has 4 saturated carbocycles. The average molecular weight is 812 g/mol. The van der Waals surface area contributed by atoms with E-state index >= 15 is 0 Å². The molecule has 2 bridgehead atoms. The van der Waals surface area contributed by atoms with Gasteiger partial charge in [-0.05, 0) is 155 Å². The zero-order valence-corrected chi connectivity index (χ0v) is 35.9. The highest BCUT2D eigenvalue weighted by atomic mass is 32.1. The number of thiazole rings is 1. The van der Waals surface area contributed by atoms with Crippen molar-refractivity contribution < 1.29 is 9.90 Å². The van der Waals surface area contributed by atoms with Gasteiger partial charge in [0.2, 0.25) is 0 Å². The fourth-order valence-electron chi connectivity index (χ4n) is 15.1. The van der Waals surface area contributed by atoms with Gasteiger partial charge in [-0.1, -0.05) is 50.2 Å². The van der Waals surface area contributed by atoms with E-state index in [-0.39, 0.29) is 11.1 Å². The second kappa shape index (κ2) is 13.3. The van der Waals surface area contributed by atoms with Gasteiger partial charge in [0.15, 0.2) is 22.5 Å². The summed E-state index contributed by atoms with van der Waals surface area (Å²) < 4.78 is 3.31. The molecular formula is C47H57N9O2S. The Morgan fingerprint density at radius 1 is 0.881 bits per heavy atom. The summed E-state index contributed by atoms with van der Waals surface area (Å²) >= 11 is 1.59. The van der Waals surface area contributed by atoms with E-state index in [1.165, 1.54) is 90.3 Å². The van der Waals surface area contributed by atoms with Crippen LogP contribution in [0.2, 0.25) is 0 Å². The Kier molecular flexibility index (Phi) is 8.46. The molecule has 1 saturated heterocycles. The first kappa shape index (κ1) is 37.6. The quantitative estimate of drug-likeness (QED) is 0.133. The van der Waals surface area contributed by atoms with Crippen LogP contribution < -0.4 is 10.2 Å². The van der Waals surface area contributed by atoms with Gasteiger partial charge in [-0.3, -0.25) is 4.68 Å². The molecular weight excluding hydrogens is 755 g/mol. The van der Waals surface area contributed by atoms with Crippen LogP contribution in [-0.4, -0.2) is 72.1 Å². The van der Waals surface area contributed by atoms with Crippen LogP contribution in [0.25, 0.3) is 21.3 Å². The molecule has 2 aliphatic heterocycles. The van der Waals surface area contributed by atoms with Crippen molar-refractivity contribution in [3.05, 3.63) is 65.1 Å². The fourth-order valence-corrected chi connectivity index (χ4v) is 15.9. The average Bonchev–Trinajstić information content (AvgIpc) is 3.84. The van der Waals surface area contributed by atoms with Crippen molar-refractivity contribution in [3.8, 4) is 11.1 Å². The summed E-state index contributed by atoms with van der Waals surface area (Å²) in [4.78, 5) is 27.3. The zero-order valence-electron chi connectivity index (χ0n) is 35.1. The summed E-state index contributed by atoms with van der Waals surface area (Å²) in [5.41, 5.74) is 7.64. The van der Waals surface area contributed by atoms with Crippen LogP contribution in [0, 0.1) is 40.9 Å². The highest BCUT2D eigenvalue weighted by Gasteiger charge is 2.91. The number of likely N-dealkylation sites (tertiary alicyclic amines) is 1. The number of hydrogen-bond donors (Lipinski definition) is 2. The van der Waals surface area contributed by atoms with Crippen LogP contribution in [0.1, 0.15) is 118 Å². The lowest BCUT2D eigenvalue weighted by Gasteiger charge is -2.84. The summed E-state index contributed by atoms with van der Waals surface area (Å²) in [5, 5.41) is 29.1. The largest absolute Gasteiger partial charge is 0.476 e. The van der Waals surface area contributed by atoms with E-state index in [9.17, 15) is 9.90 Å². The third-order valence-corrected chi connectivity index (χ3v) is 17.5. The molecule has 11 nitrogen and oxygen atoms in total. The van der Waals surface area contributed by atoms with Gasteiger partial charge in [0.1, 0.15) is 5.82 Å². The third kappa shape index (κ3) is 5.46. The number of nitrogens with zero attached hydrogens (tertiary/aromatic N) is 8. The van der Waals surface area contributed by atoms with Crippen LogP contribution in [-0.2, 0) is 13.0 Å². The molecule has 6 heterocycles. The number of pyridine rings is 1. The topological polar surface area (TPSA) is 125 Å². The lowest BCUT2D eigenvalue weighted by molar-refractivity contribution is -0.357. The van der Waals surface area contributed by atoms with Crippen molar-refractivity contribution >= 4 is 50.1 Å². The Balaban J connectivity index is 0.824. The number of hydrogen-bond acceptors (Lipinski definition) is 10. The molecule has 2 unspecified atom stereocenters. The van der Waals surface area contributed by atoms with E-state index in [0.29, 0.717) is 45.4 Å². The smallest absolute Gasteiger partial charge is 0.355 e. The first-order valence-electron chi connectivity index (χ1n) is 22.2. The minimum atomic E-state index is -1.05. The number of benzene rings is 1. The van der Waals surface area contributed by atoms with Gasteiger partial charge < -0.3 is 20.2 Å². The van der Waals surface area contributed by atoms with Gasteiger partial charge in [-0.2, -0.15) is 5.10 Å².